The summed E-state index contributed by atoms with van der Waals surface area (Å²) in [6.45, 7) is 7.83. The summed E-state index contributed by atoms with van der Waals surface area (Å²) in [6, 6.07) is 20.7. The molecule has 1 amide bonds. The Balaban J connectivity index is 1.65. The first-order chi connectivity index (χ1) is 16.1. The van der Waals surface area contributed by atoms with Crippen LogP contribution in [0.5, 0.6) is 0 Å². The summed E-state index contributed by atoms with van der Waals surface area (Å²) < 4.78 is 25.9. The minimum atomic E-state index is -3.35. The van der Waals surface area contributed by atoms with Gasteiger partial charge in [0.15, 0.2) is 15.0 Å². The van der Waals surface area contributed by atoms with Crippen molar-refractivity contribution in [3.05, 3.63) is 89.0 Å². The lowest BCUT2D eigenvalue weighted by Crippen LogP contribution is -2.31. The van der Waals surface area contributed by atoms with Crippen molar-refractivity contribution in [2.45, 2.75) is 50.8 Å². The molecule has 34 heavy (non-hydrogen) atoms. The molecule has 4 aromatic rings. The molecular weight excluding hydrogens is 464 g/mol. The number of benzene rings is 3. The average Bonchev–Trinajstić information content (AvgIpc) is 3.22. The first kappa shape index (κ1) is 24.1. The Morgan fingerprint density at radius 1 is 0.971 bits per heavy atom. The van der Waals surface area contributed by atoms with Crippen LogP contribution in [0.25, 0.3) is 10.2 Å². The molecule has 0 spiro atoms. The molecule has 0 saturated carbocycles. The van der Waals surface area contributed by atoms with Gasteiger partial charge in [0.25, 0.3) is 0 Å². The molecule has 0 atom stereocenters. The molecule has 0 radical (unpaired) electrons. The van der Waals surface area contributed by atoms with E-state index in [0.29, 0.717) is 11.7 Å². The summed E-state index contributed by atoms with van der Waals surface area (Å²) in [5.74, 6) is -0.0863. The molecule has 0 aliphatic carbocycles. The van der Waals surface area contributed by atoms with Gasteiger partial charge in [-0.25, -0.2) is 13.4 Å². The van der Waals surface area contributed by atoms with Crippen molar-refractivity contribution in [3.8, 4) is 0 Å². The van der Waals surface area contributed by atoms with Gasteiger partial charge in [0.2, 0.25) is 5.91 Å². The molecule has 7 heteroatoms. The third-order valence-electron chi connectivity index (χ3n) is 5.76. The third-order valence-corrected chi connectivity index (χ3v) is 8.96. The summed E-state index contributed by atoms with van der Waals surface area (Å²) in [7, 11) is -3.35. The second kappa shape index (κ2) is 9.68. The number of amides is 1. The molecule has 1 heterocycles. The standard InChI is InChI=1S/C27H28N2O3S2/c1-18(2)34(31,32)23-12-10-21(11-13-23)16-25(30)29(17-22-8-6-5-7-9-22)27-28-26-20(4)14-19(3)15-24(26)33-27/h5-15,18H,16-17H2,1-4H3. The molecule has 4 rings (SSSR count). The van der Waals surface area contributed by atoms with Crippen molar-refractivity contribution in [2.24, 2.45) is 0 Å². The Morgan fingerprint density at radius 2 is 1.65 bits per heavy atom. The lowest BCUT2D eigenvalue weighted by atomic mass is 10.1. The average molecular weight is 493 g/mol. The van der Waals surface area contributed by atoms with Gasteiger partial charge < -0.3 is 0 Å². The van der Waals surface area contributed by atoms with Crippen molar-refractivity contribution in [2.75, 3.05) is 4.90 Å². The second-order valence-electron chi connectivity index (χ2n) is 8.80. The molecule has 3 aromatic carbocycles. The highest BCUT2D eigenvalue weighted by Crippen LogP contribution is 2.33. The zero-order valence-electron chi connectivity index (χ0n) is 19.8. The van der Waals surface area contributed by atoms with Crippen LogP contribution in [0.1, 0.15) is 36.1 Å². The number of carbonyl (C=O) groups is 1. The molecule has 0 unspecified atom stereocenters. The molecule has 0 fully saturated rings. The van der Waals surface area contributed by atoms with E-state index < -0.39 is 15.1 Å². The van der Waals surface area contributed by atoms with E-state index in [9.17, 15) is 13.2 Å². The maximum Gasteiger partial charge on any atom is 0.233 e. The Kier molecular flexibility index (Phi) is 6.86. The largest absolute Gasteiger partial charge is 0.283 e. The lowest BCUT2D eigenvalue weighted by Gasteiger charge is -2.20. The molecule has 176 valence electrons. The minimum absolute atomic E-state index is 0.0863. The number of anilines is 1. The third kappa shape index (κ3) is 5.05. The van der Waals surface area contributed by atoms with Crippen LogP contribution in [0.3, 0.4) is 0 Å². The van der Waals surface area contributed by atoms with Gasteiger partial charge in [-0.3, -0.25) is 9.69 Å². The van der Waals surface area contributed by atoms with E-state index in [1.54, 1.807) is 43.0 Å². The minimum Gasteiger partial charge on any atom is -0.283 e. The molecule has 0 aliphatic rings. The zero-order chi connectivity index (χ0) is 24.5. The van der Waals surface area contributed by atoms with E-state index in [-0.39, 0.29) is 17.2 Å². The van der Waals surface area contributed by atoms with E-state index >= 15 is 0 Å². The van der Waals surface area contributed by atoms with Gasteiger partial charge in [0, 0.05) is 0 Å². The smallest absolute Gasteiger partial charge is 0.233 e. The fourth-order valence-electron chi connectivity index (χ4n) is 3.84. The molecular formula is C27H28N2O3S2. The van der Waals surface area contributed by atoms with Crippen molar-refractivity contribution in [3.63, 3.8) is 0 Å². The Hall–Kier alpha value is -3.03. The number of aromatic nitrogens is 1. The van der Waals surface area contributed by atoms with Gasteiger partial charge in [-0.1, -0.05) is 59.9 Å². The first-order valence-corrected chi connectivity index (χ1v) is 13.6. The van der Waals surface area contributed by atoms with Gasteiger partial charge in [0.05, 0.1) is 33.3 Å². The normalized spacial score (nSPS) is 11.8. The van der Waals surface area contributed by atoms with Crippen LogP contribution in [0.15, 0.2) is 71.6 Å². The van der Waals surface area contributed by atoms with Crippen LogP contribution in [-0.4, -0.2) is 24.6 Å². The highest BCUT2D eigenvalue weighted by atomic mass is 32.2. The van der Waals surface area contributed by atoms with Crippen LogP contribution >= 0.6 is 11.3 Å². The summed E-state index contributed by atoms with van der Waals surface area (Å²) in [5, 5.41) is 0.170. The highest BCUT2D eigenvalue weighted by molar-refractivity contribution is 7.92. The van der Waals surface area contributed by atoms with Crippen LogP contribution < -0.4 is 4.90 Å². The number of aryl methyl sites for hydroxylation is 2. The number of hydrogen-bond donors (Lipinski definition) is 0. The predicted octanol–water partition coefficient (Wildman–Crippen LogP) is 5.87. The van der Waals surface area contributed by atoms with Gasteiger partial charge in [-0.2, -0.15) is 0 Å². The molecule has 5 nitrogen and oxygen atoms in total. The molecule has 0 aliphatic heterocycles. The van der Waals surface area contributed by atoms with Crippen LogP contribution in [-0.2, 0) is 27.6 Å². The van der Waals surface area contributed by atoms with E-state index in [0.717, 1.165) is 32.5 Å². The topological polar surface area (TPSA) is 67.3 Å². The first-order valence-electron chi connectivity index (χ1n) is 11.2. The van der Waals surface area contributed by atoms with Crippen LogP contribution in [0, 0.1) is 13.8 Å². The number of rotatable bonds is 7. The Labute approximate surface area is 205 Å². The van der Waals surface area contributed by atoms with Crippen molar-refractivity contribution < 1.29 is 13.2 Å². The SMILES string of the molecule is Cc1cc(C)c2nc(N(Cc3ccccc3)C(=O)Cc3ccc(S(=O)(=O)C(C)C)cc3)sc2c1. The van der Waals surface area contributed by atoms with Crippen molar-refractivity contribution in [1.82, 2.24) is 4.98 Å². The number of sulfone groups is 1. The molecule has 0 N–H and O–H groups in total. The lowest BCUT2D eigenvalue weighted by molar-refractivity contribution is -0.118. The fraction of sp³-hybridized carbons (Fsp3) is 0.259. The van der Waals surface area contributed by atoms with Crippen molar-refractivity contribution in [1.29, 1.82) is 0 Å². The monoisotopic (exact) mass is 492 g/mol. The Bertz CT molecular complexity index is 1420. The summed E-state index contributed by atoms with van der Waals surface area (Å²) in [4.78, 5) is 20.3. The number of carbonyl (C=O) groups excluding carboxylic acids is 1. The number of fused-ring (bicyclic) bond motifs is 1. The van der Waals surface area contributed by atoms with Crippen LogP contribution in [0.2, 0.25) is 0 Å². The van der Waals surface area contributed by atoms with E-state index in [1.807, 2.05) is 37.3 Å². The van der Waals surface area contributed by atoms with Crippen LogP contribution in [0.4, 0.5) is 5.13 Å². The summed E-state index contributed by atoms with van der Waals surface area (Å²) >= 11 is 1.52. The molecule has 0 bridgehead atoms. The predicted molar refractivity (Wildman–Crippen MR) is 139 cm³/mol. The second-order valence-corrected chi connectivity index (χ2v) is 12.3. The van der Waals surface area contributed by atoms with E-state index in [4.69, 9.17) is 4.98 Å². The van der Waals surface area contributed by atoms with Gasteiger partial charge >= 0.3 is 0 Å². The maximum absolute atomic E-state index is 13.5. The quantitative estimate of drug-likeness (QED) is 0.324. The number of thiazole rings is 1. The highest BCUT2D eigenvalue weighted by Gasteiger charge is 2.22. The summed E-state index contributed by atoms with van der Waals surface area (Å²) in [6.07, 6.45) is 0.156. The fourth-order valence-corrected chi connectivity index (χ4v) is 6.06. The molecule has 1 aromatic heterocycles. The van der Waals surface area contributed by atoms with Gasteiger partial charge in [-0.05, 0) is 68.1 Å². The molecule has 0 saturated heterocycles. The van der Waals surface area contributed by atoms with Gasteiger partial charge in [-0.15, -0.1) is 0 Å². The van der Waals surface area contributed by atoms with Crippen molar-refractivity contribution >= 4 is 42.4 Å². The van der Waals surface area contributed by atoms with E-state index in [2.05, 4.69) is 19.1 Å². The summed E-state index contributed by atoms with van der Waals surface area (Å²) in [5.41, 5.74) is 4.95. The van der Waals surface area contributed by atoms with Gasteiger partial charge in [0.1, 0.15) is 0 Å². The zero-order valence-corrected chi connectivity index (χ0v) is 21.4. The van der Waals surface area contributed by atoms with E-state index in [1.165, 1.54) is 11.3 Å². The number of nitrogens with zero attached hydrogens (tertiary/aromatic N) is 2. The maximum atomic E-state index is 13.5. The number of hydrogen-bond acceptors (Lipinski definition) is 5. The Morgan fingerprint density at radius 3 is 2.29 bits per heavy atom.